The molecule has 110 valence electrons. The van der Waals surface area contributed by atoms with Gasteiger partial charge < -0.3 is 9.84 Å². The summed E-state index contributed by atoms with van der Waals surface area (Å²) in [6.07, 6.45) is 0.858. The van der Waals surface area contributed by atoms with Crippen LogP contribution in [0.15, 0.2) is 42.5 Å². The Morgan fingerprint density at radius 1 is 1.19 bits per heavy atom. The number of rotatable bonds is 3. The van der Waals surface area contributed by atoms with Crippen molar-refractivity contribution in [2.24, 2.45) is 0 Å². The Bertz CT molecular complexity index is 647. The maximum atomic E-state index is 10.6. The molecule has 1 N–H and O–H groups in total. The van der Waals surface area contributed by atoms with E-state index in [1.807, 2.05) is 36.4 Å². The molecular formula is C18H19ClO2. The van der Waals surface area contributed by atoms with Gasteiger partial charge in [-0.3, -0.25) is 0 Å². The molecule has 0 amide bonds. The molecule has 0 spiro atoms. The summed E-state index contributed by atoms with van der Waals surface area (Å²) < 4.78 is 6.02. The van der Waals surface area contributed by atoms with Crippen molar-refractivity contribution in [3.8, 4) is 5.75 Å². The summed E-state index contributed by atoms with van der Waals surface area (Å²) in [5.74, 6) is 0.851. The highest BCUT2D eigenvalue weighted by atomic mass is 35.5. The van der Waals surface area contributed by atoms with Gasteiger partial charge >= 0.3 is 0 Å². The molecule has 1 heterocycles. The number of benzene rings is 2. The Morgan fingerprint density at radius 3 is 2.62 bits per heavy atom. The molecular weight excluding hydrogens is 284 g/mol. The van der Waals surface area contributed by atoms with Gasteiger partial charge in [0.2, 0.25) is 0 Å². The standard InChI is InChI=1S/C18H19ClO2/c1-18(2)11-13-4-3-5-15(17(13)21-18)16(20)10-12-6-8-14(19)9-7-12/h3-9,16,20H,10-11H2,1-2H3. The first-order valence-electron chi connectivity index (χ1n) is 7.18. The normalized spacial score (nSPS) is 17.1. The van der Waals surface area contributed by atoms with Crippen LogP contribution in [-0.4, -0.2) is 10.7 Å². The molecule has 3 rings (SSSR count). The molecule has 1 aliphatic rings. The SMILES string of the molecule is CC1(C)Cc2cccc(C(O)Cc3ccc(Cl)cc3)c2O1. The molecule has 0 bridgehead atoms. The Balaban J connectivity index is 1.85. The van der Waals surface area contributed by atoms with Crippen molar-refractivity contribution in [2.75, 3.05) is 0 Å². The van der Waals surface area contributed by atoms with E-state index in [0.717, 1.165) is 23.3 Å². The van der Waals surface area contributed by atoms with Gasteiger partial charge in [-0.1, -0.05) is 41.9 Å². The molecule has 3 heteroatoms. The fraction of sp³-hybridized carbons (Fsp3) is 0.333. The van der Waals surface area contributed by atoms with Gasteiger partial charge in [-0.25, -0.2) is 0 Å². The monoisotopic (exact) mass is 302 g/mol. The average Bonchev–Trinajstić information content (AvgIpc) is 2.74. The molecule has 0 saturated carbocycles. The van der Waals surface area contributed by atoms with Gasteiger partial charge in [-0.05, 0) is 37.1 Å². The zero-order valence-electron chi connectivity index (χ0n) is 12.3. The van der Waals surface area contributed by atoms with Gasteiger partial charge in [-0.2, -0.15) is 0 Å². The zero-order valence-corrected chi connectivity index (χ0v) is 13.0. The number of fused-ring (bicyclic) bond motifs is 1. The third-order valence-corrected chi connectivity index (χ3v) is 4.07. The van der Waals surface area contributed by atoms with Gasteiger partial charge in [0.25, 0.3) is 0 Å². The molecule has 1 unspecified atom stereocenters. The topological polar surface area (TPSA) is 29.5 Å². The highest BCUT2D eigenvalue weighted by Crippen LogP contribution is 2.40. The van der Waals surface area contributed by atoms with Crippen LogP contribution in [0.5, 0.6) is 5.75 Å². The van der Waals surface area contributed by atoms with Crippen LogP contribution in [0.3, 0.4) is 0 Å². The first-order chi connectivity index (χ1) is 9.94. The average molecular weight is 303 g/mol. The van der Waals surface area contributed by atoms with Crippen molar-refractivity contribution < 1.29 is 9.84 Å². The van der Waals surface area contributed by atoms with Crippen molar-refractivity contribution in [3.63, 3.8) is 0 Å². The quantitative estimate of drug-likeness (QED) is 0.914. The maximum Gasteiger partial charge on any atom is 0.129 e. The van der Waals surface area contributed by atoms with Gasteiger partial charge in [0.05, 0.1) is 6.10 Å². The summed E-state index contributed by atoms with van der Waals surface area (Å²) in [6.45, 7) is 4.14. The zero-order chi connectivity index (χ0) is 15.0. The molecule has 21 heavy (non-hydrogen) atoms. The van der Waals surface area contributed by atoms with Crippen molar-refractivity contribution in [3.05, 3.63) is 64.2 Å². The molecule has 0 aliphatic carbocycles. The third-order valence-electron chi connectivity index (χ3n) is 3.82. The van der Waals surface area contributed by atoms with Crippen LogP contribution in [-0.2, 0) is 12.8 Å². The van der Waals surface area contributed by atoms with Gasteiger partial charge in [-0.15, -0.1) is 0 Å². The summed E-state index contributed by atoms with van der Waals surface area (Å²) in [4.78, 5) is 0. The van der Waals surface area contributed by atoms with Gasteiger partial charge in [0.15, 0.2) is 0 Å². The number of halogens is 1. The van der Waals surface area contributed by atoms with Gasteiger partial charge in [0, 0.05) is 23.4 Å². The lowest BCUT2D eigenvalue weighted by molar-refractivity contribution is 0.126. The van der Waals surface area contributed by atoms with E-state index in [0.29, 0.717) is 11.4 Å². The third kappa shape index (κ3) is 3.07. The molecule has 2 nitrogen and oxygen atoms in total. The maximum absolute atomic E-state index is 10.6. The molecule has 0 saturated heterocycles. The summed E-state index contributed by atoms with van der Waals surface area (Å²) in [6, 6.07) is 13.6. The smallest absolute Gasteiger partial charge is 0.129 e. The molecule has 1 atom stereocenters. The van der Waals surface area contributed by atoms with E-state index in [2.05, 4.69) is 19.9 Å². The van der Waals surface area contributed by atoms with Crippen molar-refractivity contribution in [2.45, 2.75) is 38.4 Å². The van der Waals surface area contributed by atoms with E-state index in [1.54, 1.807) is 0 Å². The predicted octanol–water partition coefficient (Wildman–Crippen LogP) is 4.33. The first-order valence-corrected chi connectivity index (χ1v) is 7.56. The minimum atomic E-state index is -0.574. The summed E-state index contributed by atoms with van der Waals surface area (Å²) in [7, 11) is 0. The number of ether oxygens (including phenoxy) is 1. The van der Waals surface area contributed by atoms with E-state index in [1.165, 1.54) is 5.56 Å². The van der Waals surface area contributed by atoms with Crippen LogP contribution in [0.2, 0.25) is 5.02 Å². The second kappa shape index (κ2) is 5.36. The number of hydrogen-bond acceptors (Lipinski definition) is 2. The van der Waals surface area contributed by atoms with Crippen molar-refractivity contribution in [1.82, 2.24) is 0 Å². The van der Waals surface area contributed by atoms with Crippen LogP contribution in [0, 0.1) is 0 Å². The van der Waals surface area contributed by atoms with Crippen LogP contribution in [0.4, 0.5) is 0 Å². The summed E-state index contributed by atoms with van der Waals surface area (Å²) in [5, 5.41) is 11.3. The van der Waals surface area contributed by atoms with E-state index in [9.17, 15) is 5.11 Å². The van der Waals surface area contributed by atoms with Gasteiger partial charge in [0.1, 0.15) is 11.4 Å². The number of para-hydroxylation sites is 1. The number of aliphatic hydroxyl groups is 1. The lowest BCUT2D eigenvalue weighted by Gasteiger charge is -2.20. The van der Waals surface area contributed by atoms with Crippen molar-refractivity contribution in [1.29, 1.82) is 0 Å². The molecule has 1 aliphatic heterocycles. The van der Waals surface area contributed by atoms with E-state index in [4.69, 9.17) is 16.3 Å². The first kappa shape index (κ1) is 14.4. The Morgan fingerprint density at radius 2 is 1.90 bits per heavy atom. The Labute approximate surface area is 130 Å². The molecule has 0 aromatic heterocycles. The van der Waals surface area contributed by atoms with E-state index in [-0.39, 0.29) is 5.60 Å². The second-order valence-electron chi connectivity index (χ2n) is 6.22. The number of hydrogen-bond donors (Lipinski definition) is 1. The molecule has 2 aromatic rings. The minimum absolute atomic E-state index is 0.196. The Kier molecular flexibility index (Phi) is 3.68. The summed E-state index contributed by atoms with van der Waals surface area (Å²) >= 11 is 5.89. The lowest BCUT2D eigenvalue weighted by atomic mass is 9.96. The highest BCUT2D eigenvalue weighted by Gasteiger charge is 2.32. The second-order valence-corrected chi connectivity index (χ2v) is 6.66. The predicted molar refractivity (Wildman–Crippen MR) is 85.0 cm³/mol. The van der Waals surface area contributed by atoms with Crippen molar-refractivity contribution >= 4 is 11.6 Å². The van der Waals surface area contributed by atoms with Crippen LogP contribution in [0.1, 0.15) is 36.6 Å². The van der Waals surface area contributed by atoms with E-state index < -0.39 is 6.10 Å². The fourth-order valence-corrected chi connectivity index (χ4v) is 2.98. The Hall–Kier alpha value is -1.51. The number of aliphatic hydroxyl groups excluding tert-OH is 1. The van der Waals surface area contributed by atoms with Crippen LogP contribution >= 0.6 is 11.6 Å². The molecule has 0 radical (unpaired) electrons. The highest BCUT2D eigenvalue weighted by molar-refractivity contribution is 6.30. The largest absolute Gasteiger partial charge is 0.487 e. The summed E-state index contributed by atoms with van der Waals surface area (Å²) in [5.41, 5.74) is 2.90. The fourth-order valence-electron chi connectivity index (χ4n) is 2.86. The minimum Gasteiger partial charge on any atom is -0.487 e. The van der Waals surface area contributed by atoms with Crippen LogP contribution in [0.25, 0.3) is 0 Å². The van der Waals surface area contributed by atoms with Crippen LogP contribution < -0.4 is 4.74 Å². The lowest BCUT2D eigenvalue weighted by Crippen LogP contribution is -2.25. The molecule has 2 aromatic carbocycles. The van der Waals surface area contributed by atoms with E-state index >= 15 is 0 Å². The molecule has 0 fully saturated rings.